The molecule has 2 aromatic heterocycles. The van der Waals surface area contributed by atoms with Crippen LogP contribution in [0.25, 0.3) is 22.4 Å². The Hall–Kier alpha value is -2.77. The summed E-state index contributed by atoms with van der Waals surface area (Å²) in [6.45, 7) is 8.60. The van der Waals surface area contributed by atoms with Crippen LogP contribution in [0.15, 0.2) is 36.7 Å². The monoisotopic (exact) mass is 407 g/mol. The third kappa shape index (κ3) is 4.37. The number of β-amino-alcohol motifs (C(OH)–C–C–N with tert-alkyl or cyclic N) is 1. The van der Waals surface area contributed by atoms with Crippen LogP contribution in [0.1, 0.15) is 19.4 Å². The Balaban J connectivity index is 1.58. The molecule has 1 saturated heterocycles. The minimum atomic E-state index is -0.440. The molecule has 7 heteroatoms. The zero-order chi connectivity index (χ0) is 21.1. The van der Waals surface area contributed by atoms with Gasteiger partial charge in [0, 0.05) is 55.6 Å². The summed E-state index contributed by atoms with van der Waals surface area (Å²) in [4.78, 5) is 28.6. The maximum Gasteiger partial charge on any atom is 0.156 e. The van der Waals surface area contributed by atoms with Crippen molar-refractivity contribution in [1.29, 1.82) is 0 Å². The Bertz CT molecular complexity index is 1020. The molecule has 4 rings (SSSR count). The van der Waals surface area contributed by atoms with Crippen molar-refractivity contribution in [3.63, 3.8) is 0 Å². The molecule has 0 aliphatic carbocycles. The lowest BCUT2D eigenvalue weighted by atomic mass is 9.88. The average molecular weight is 408 g/mol. The number of benzene rings is 1. The molecule has 1 fully saturated rings. The first-order valence-corrected chi connectivity index (χ1v) is 10.5. The summed E-state index contributed by atoms with van der Waals surface area (Å²) in [6.07, 6.45) is 5.31. The van der Waals surface area contributed by atoms with E-state index in [4.69, 9.17) is 10.1 Å². The highest BCUT2D eigenvalue weighted by molar-refractivity contribution is 5.79. The van der Waals surface area contributed by atoms with E-state index < -0.39 is 5.41 Å². The number of aromatic amines is 1. The minimum absolute atomic E-state index is 0.210. The van der Waals surface area contributed by atoms with Crippen LogP contribution in [-0.2, 0) is 11.2 Å². The molecule has 2 N–H and O–H groups in total. The molecule has 3 heterocycles. The van der Waals surface area contributed by atoms with Crippen molar-refractivity contribution in [1.82, 2.24) is 19.9 Å². The van der Waals surface area contributed by atoms with Crippen LogP contribution in [-0.4, -0.2) is 70.6 Å². The minimum Gasteiger partial charge on any atom is -0.395 e. The van der Waals surface area contributed by atoms with E-state index in [1.54, 1.807) is 6.20 Å². The molecule has 0 unspecified atom stereocenters. The largest absolute Gasteiger partial charge is 0.395 e. The van der Waals surface area contributed by atoms with Crippen LogP contribution in [0.2, 0.25) is 0 Å². The van der Waals surface area contributed by atoms with Crippen LogP contribution in [0.4, 0.5) is 5.69 Å². The van der Waals surface area contributed by atoms with E-state index in [2.05, 4.69) is 44.0 Å². The molecule has 0 radical (unpaired) electrons. The topological polar surface area (TPSA) is 85.4 Å². The molecule has 1 aromatic carbocycles. The van der Waals surface area contributed by atoms with Gasteiger partial charge in [-0.25, -0.2) is 9.97 Å². The fraction of sp³-hybridized carbons (Fsp3) is 0.435. The van der Waals surface area contributed by atoms with E-state index in [9.17, 15) is 4.79 Å². The second kappa shape index (κ2) is 8.53. The summed E-state index contributed by atoms with van der Waals surface area (Å²) in [7, 11) is 0. The fourth-order valence-corrected chi connectivity index (χ4v) is 3.98. The maximum absolute atomic E-state index is 11.4. The highest BCUT2D eigenvalue weighted by Crippen LogP contribution is 2.28. The van der Waals surface area contributed by atoms with Crippen molar-refractivity contribution in [3.8, 4) is 11.3 Å². The number of fused-ring (bicyclic) bond motifs is 1. The number of H-pyrrole nitrogens is 1. The number of aromatic nitrogens is 3. The van der Waals surface area contributed by atoms with E-state index in [1.807, 2.05) is 20.0 Å². The van der Waals surface area contributed by atoms with E-state index in [0.29, 0.717) is 6.42 Å². The summed E-state index contributed by atoms with van der Waals surface area (Å²) in [5, 5.41) is 9.13. The van der Waals surface area contributed by atoms with Crippen molar-refractivity contribution in [2.45, 2.75) is 20.3 Å². The second-order valence-electron chi connectivity index (χ2n) is 8.65. The van der Waals surface area contributed by atoms with Gasteiger partial charge in [-0.3, -0.25) is 4.90 Å². The van der Waals surface area contributed by atoms with E-state index in [-0.39, 0.29) is 6.61 Å². The molecule has 30 heavy (non-hydrogen) atoms. The SMILES string of the molecule is CC(C)(C=O)Cc1c[nH]c2ncc(-c3cccc(N4CCN(CCO)CC4)c3)nc12. The first kappa shape index (κ1) is 20.5. The molecule has 0 saturated carbocycles. The molecule has 0 amide bonds. The summed E-state index contributed by atoms with van der Waals surface area (Å²) in [5.74, 6) is 0. The number of hydrogen-bond donors (Lipinski definition) is 2. The number of nitrogens with zero attached hydrogens (tertiary/aromatic N) is 4. The van der Waals surface area contributed by atoms with Crippen LogP contribution < -0.4 is 4.90 Å². The lowest BCUT2D eigenvalue weighted by Crippen LogP contribution is -2.47. The van der Waals surface area contributed by atoms with Crippen LogP contribution in [0.5, 0.6) is 0 Å². The standard InChI is InChI=1S/C23H29N5O2/c1-23(2,16-30)13-18-14-24-22-21(18)26-20(15-25-22)17-4-3-5-19(12-17)28-8-6-27(7-9-28)10-11-29/h3-5,12,14-16,29H,6-11,13H2,1-2H3,(H,24,25). The number of piperazine rings is 1. The number of aliphatic hydroxyl groups excluding tert-OH is 1. The lowest BCUT2D eigenvalue weighted by molar-refractivity contribution is -0.114. The van der Waals surface area contributed by atoms with Gasteiger partial charge in [-0.2, -0.15) is 0 Å². The molecule has 1 aliphatic rings. The number of anilines is 1. The van der Waals surface area contributed by atoms with Crippen molar-refractivity contribution >= 4 is 23.1 Å². The molecule has 1 aliphatic heterocycles. The Morgan fingerprint density at radius 3 is 2.77 bits per heavy atom. The lowest BCUT2D eigenvalue weighted by Gasteiger charge is -2.35. The highest BCUT2D eigenvalue weighted by atomic mass is 16.3. The normalized spacial score (nSPS) is 15.6. The first-order valence-electron chi connectivity index (χ1n) is 10.5. The smallest absolute Gasteiger partial charge is 0.156 e. The van der Waals surface area contributed by atoms with Gasteiger partial charge in [-0.1, -0.05) is 26.0 Å². The number of aliphatic hydroxyl groups is 1. The Morgan fingerprint density at radius 1 is 1.23 bits per heavy atom. The molecule has 7 nitrogen and oxygen atoms in total. The number of nitrogens with one attached hydrogen (secondary N) is 1. The maximum atomic E-state index is 11.4. The third-order valence-electron chi connectivity index (χ3n) is 5.72. The number of carbonyl (C=O) groups is 1. The van der Waals surface area contributed by atoms with E-state index >= 15 is 0 Å². The summed E-state index contributed by atoms with van der Waals surface area (Å²) in [5.41, 5.74) is 5.17. The first-order chi connectivity index (χ1) is 14.5. The van der Waals surface area contributed by atoms with Gasteiger partial charge < -0.3 is 19.8 Å². The predicted molar refractivity (Wildman–Crippen MR) is 119 cm³/mol. The van der Waals surface area contributed by atoms with Gasteiger partial charge in [0.1, 0.15) is 11.8 Å². The van der Waals surface area contributed by atoms with Crippen LogP contribution >= 0.6 is 0 Å². The van der Waals surface area contributed by atoms with Gasteiger partial charge in [-0.15, -0.1) is 0 Å². The van der Waals surface area contributed by atoms with Crippen molar-refractivity contribution in [3.05, 3.63) is 42.2 Å². The molecular weight excluding hydrogens is 378 g/mol. The molecular formula is C23H29N5O2. The van der Waals surface area contributed by atoms with Crippen LogP contribution in [0, 0.1) is 5.41 Å². The van der Waals surface area contributed by atoms with Gasteiger partial charge in [0.15, 0.2) is 5.65 Å². The van der Waals surface area contributed by atoms with Crippen molar-refractivity contribution < 1.29 is 9.90 Å². The molecule has 0 bridgehead atoms. The fourth-order valence-electron chi connectivity index (χ4n) is 3.98. The van der Waals surface area contributed by atoms with Crippen LogP contribution in [0.3, 0.4) is 0 Å². The third-order valence-corrected chi connectivity index (χ3v) is 5.72. The van der Waals surface area contributed by atoms with Gasteiger partial charge in [0.2, 0.25) is 0 Å². The van der Waals surface area contributed by atoms with E-state index in [1.165, 1.54) is 5.69 Å². The molecule has 3 aromatic rings. The molecule has 158 valence electrons. The number of hydrogen-bond acceptors (Lipinski definition) is 6. The van der Waals surface area contributed by atoms with Gasteiger partial charge >= 0.3 is 0 Å². The predicted octanol–water partition coefficient (Wildman–Crippen LogP) is 2.51. The highest BCUT2D eigenvalue weighted by Gasteiger charge is 2.21. The number of carbonyl (C=O) groups excluding carboxylic acids is 1. The number of aldehydes is 1. The van der Waals surface area contributed by atoms with Gasteiger partial charge in [-0.05, 0) is 24.1 Å². The van der Waals surface area contributed by atoms with Crippen molar-refractivity contribution in [2.75, 3.05) is 44.2 Å². The average Bonchev–Trinajstić information content (AvgIpc) is 3.16. The zero-order valence-corrected chi connectivity index (χ0v) is 17.6. The van der Waals surface area contributed by atoms with Gasteiger partial charge in [0.05, 0.1) is 18.5 Å². The molecule has 0 atom stereocenters. The summed E-state index contributed by atoms with van der Waals surface area (Å²) in [6, 6.07) is 8.41. The molecule has 0 spiro atoms. The summed E-state index contributed by atoms with van der Waals surface area (Å²) < 4.78 is 0. The second-order valence-corrected chi connectivity index (χ2v) is 8.65. The Labute approximate surface area is 176 Å². The Morgan fingerprint density at radius 2 is 2.03 bits per heavy atom. The quantitative estimate of drug-likeness (QED) is 0.586. The summed E-state index contributed by atoms with van der Waals surface area (Å²) >= 11 is 0. The van der Waals surface area contributed by atoms with Gasteiger partial charge in [0.25, 0.3) is 0 Å². The van der Waals surface area contributed by atoms with E-state index in [0.717, 1.165) is 67.0 Å². The Kier molecular flexibility index (Phi) is 5.83. The zero-order valence-electron chi connectivity index (χ0n) is 17.6. The van der Waals surface area contributed by atoms with Crippen molar-refractivity contribution in [2.24, 2.45) is 5.41 Å². The number of rotatable bonds is 7.